The maximum absolute atomic E-state index is 5.10. The summed E-state index contributed by atoms with van der Waals surface area (Å²) in [5.41, 5.74) is 9.02. The number of aryl methyl sites for hydroxylation is 3. The van der Waals surface area contributed by atoms with Crippen molar-refractivity contribution in [2.75, 3.05) is 5.32 Å². The van der Waals surface area contributed by atoms with Crippen molar-refractivity contribution in [1.82, 2.24) is 19.6 Å². The van der Waals surface area contributed by atoms with Crippen molar-refractivity contribution in [2.45, 2.75) is 46.1 Å². The van der Waals surface area contributed by atoms with Gasteiger partial charge in [0.25, 0.3) is 0 Å². The van der Waals surface area contributed by atoms with Crippen LogP contribution in [-0.4, -0.2) is 19.6 Å². The highest BCUT2D eigenvalue weighted by atomic mass is 15.3. The topological polar surface area (TPSA) is 55.1 Å². The summed E-state index contributed by atoms with van der Waals surface area (Å²) in [6, 6.07) is 14.6. The van der Waals surface area contributed by atoms with Crippen molar-refractivity contribution in [3.8, 4) is 11.1 Å². The number of hydrogen-bond donors (Lipinski definition) is 1. The predicted molar refractivity (Wildman–Crippen MR) is 116 cm³/mol. The van der Waals surface area contributed by atoms with Crippen LogP contribution in [0.5, 0.6) is 0 Å². The zero-order chi connectivity index (χ0) is 19.8. The Balaban J connectivity index is 1.66. The van der Waals surface area contributed by atoms with Crippen LogP contribution in [0.4, 0.5) is 5.82 Å². The van der Waals surface area contributed by atoms with Gasteiger partial charge in [0.2, 0.25) is 0 Å². The molecule has 1 N–H and O–H groups in total. The molecule has 5 nitrogen and oxygen atoms in total. The molecule has 0 atom stereocenters. The van der Waals surface area contributed by atoms with Gasteiger partial charge in [-0.1, -0.05) is 35.9 Å². The average molecular weight is 383 g/mol. The minimum atomic E-state index is 0.672. The van der Waals surface area contributed by atoms with Gasteiger partial charge in [0.05, 0.1) is 17.9 Å². The van der Waals surface area contributed by atoms with Crippen molar-refractivity contribution in [2.24, 2.45) is 0 Å². The molecule has 0 unspecified atom stereocenters. The van der Waals surface area contributed by atoms with Crippen molar-refractivity contribution in [3.05, 3.63) is 76.9 Å². The molecule has 0 amide bonds. The van der Waals surface area contributed by atoms with E-state index in [4.69, 9.17) is 10.1 Å². The molecule has 0 bridgehead atoms. The highest BCUT2D eigenvalue weighted by Crippen LogP contribution is 2.34. The third kappa shape index (κ3) is 3.27. The molecular weight excluding hydrogens is 358 g/mol. The van der Waals surface area contributed by atoms with Gasteiger partial charge in [0.1, 0.15) is 5.82 Å². The fourth-order valence-electron chi connectivity index (χ4n) is 4.21. The van der Waals surface area contributed by atoms with Gasteiger partial charge in [-0.15, -0.1) is 0 Å². The minimum Gasteiger partial charge on any atom is -0.364 e. The van der Waals surface area contributed by atoms with Crippen molar-refractivity contribution in [3.63, 3.8) is 0 Å². The SMILES string of the molecule is Cc1ccc(-c2c(C)nn3c(NCc4ccccn4)c4c(nc23)CCCC4)cc1. The number of rotatable bonds is 4. The number of benzene rings is 1. The van der Waals surface area contributed by atoms with Gasteiger partial charge in [-0.05, 0) is 57.2 Å². The molecular formula is C24H25N5. The summed E-state index contributed by atoms with van der Waals surface area (Å²) < 4.78 is 2.01. The summed E-state index contributed by atoms with van der Waals surface area (Å²) in [6.45, 7) is 4.86. The van der Waals surface area contributed by atoms with E-state index in [2.05, 4.69) is 48.4 Å². The van der Waals surface area contributed by atoms with Gasteiger partial charge in [-0.25, -0.2) is 4.98 Å². The molecule has 0 saturated carbocycles. The van der Waals surface area contributed by atoms with Gasteiger partial charge < -0.3 is 5.32 Å². The first kappa shape index (κ1) is 17.9. The smallest absolute Gasteiger partial charge is 0.165 e. The molecule has 0 spiro atoms. The molecule has 0 fully saturated rings. The monoisotopic (exact) mass is 383 g/mol. The summed E-state index contributed by atoms with van der Waals surface area (Å²) in [5.74, 6) is 1.07. The molecule has 0 saturated heterocycles. The zero-order valence-corrected chi connectivity index (χ0v) is 16.9. The highest BCUT2D eigenvalue weighted by molar-refractivity contribution is 5.81. The van der Waals surface area contributed by atoms with E-state index in [1.54, 1.807) is 0 Å². The normalized spacial score (nSPS) is 13.4. The Morgan fingerprint density at radius 2 is 1.83 bits per heavy atom. The van der Waals surface area contributed by atoms with Crippen LogP contribution < -0.4 is 5.32 Å². The Kier molecular flexibility index (Phi) is 4.51. The van der Waals surface area contributed by atoms with Crippen LogP contribution in [-0.2, 0) is 19.4 Å². The van der Waals surface area contributed by atoms with Gasteiger partial charge in [-0.2, -0.15) is 9.61 Å². The van der Waals surface area contributed by atoms with E-state index in [-0.39, 0.29) is 0 Å². The third-order valence-electron chi connectivity index (χ3n) is 5.72. The van der Waals surface area contributed by atoms with Crippen LogP contribution in [0.15, 0.2) is 48.7 Å². The molecule has 5 rings (SSSR count). The van der Waals surface area contributed by atoms with Gasteiger partial charge in [0, 0.05) is 23.0 Å². The number of nitrogens with one attached hydrogen (secondary N) is 1. The molecule has 1 aliphatic rings. The lowest BCUT2D eigenvalue weighted by atomic mass is 9.96. The van der Waals surface area contributed by atoms with Gasteiger partial charge in [0.15, 0.2) is 5.65 Å². The molecule has 3 heterocycles. The first-order valence-electron chi connectivity index (χ1n) is 10.3. The fraction of sp³-hybridized carbons (Fsp3) is 0.292. The number of aromatic nitrogens is 4. The van der Waals surface area contributed by atoms with E-state index in [0.717, 1.165) is 41.3 Å². The first-order chi connectivity index (χ1) is 14.2. The van der Waals surface area contributed by atoms with E-state index in [1.165, 1.54) is 35.2 Å². The van der Waals surface area contributed by atoms with Gasteiger partial charge in [-0.3, -0.25) is 4.98 Å². The Bertz CT molecular complexity index is 1160. The number of nitrogens with zero attached hydrogens (tertiary/aromatic N) is 4. The lowest BCUT2D eigenvalue weighted by molar-refractivity contribution is 0.661. The quantitative estimate of drug-likeness (QED) is 0.545. The molecule has 146 valence electrons. The Labute approximate surface area is 170 Å². The molecule has 0 aliphatic heterocycles. The number of fused-ring (bicyclic) bond motifs is 2. The fourth-order valence-corrected chi connectivity index (χ4v) is 4.21. The molecule has 3 aromatic heterocycles. The summed E-state index contributed by atoms with van der Waals surface area (Å²) in [6.07, 6.45) is 6.30. The number of hydrogen-bond acceptors (Lipinski definition) is 4. The standard InChI is InChI=1S/C24H25N5/c1-16-10-12-18(13-11-16)22-17(2)28-29-23(26-15-19-7-5-6-14-25-19)20-8-3-4-9-21(20)27-24(22)29/h5-7,10-14,26H,3-4,8-9,15H2,1-2H3. The first-order valence-corrected chi connectivity index (χ1v) is 10.3. The molecule has 1 aliphatic carbocycles. The summed E-state index contributed by atoms with van der Waals surface area (Å²) in [7, 11) is 0. The van der Waals surface area contributed by atoms with Crippen molar-refractivity contribution < 1.29 is 0 Å². The van der Waals surface area contributed by atoms with Gasteiger partial charge >= 0.3 is 0 Å². The summed E-state index contributed by atoms with van der Waals surface area (Å²) >= 11 is 0. The van der Waals surface area contributed by atoms with Crippen LogP contribution in [0, 0.1) is 13.8 Å². The van der Waals surface area contributed by atoms with Crippen LogP contribution >= 0.6 is 0 Å². The molecule has 5 heteroatoms. The van der Waals surface area contributed by atoms with Crippen LogP contribution in [0.1, 0.15) is 41.1 Å². The largest absolute Gasteiger partial charge is 0.364 e. The third-order valence-corrected chi connectivity index (χ3v) is 5.72. The second-order valence-electron chi connectivity index (χ2n) is 7.83. The van der Waals surface area contributed by atoms with E-state index >= 15 is 0 Å². The van der Waals surface area contributed by atoms with Crippen LogP contribution in [0.2, 0.25) is 0 Å². The van der Waals surface area contributed by atoms with E-state index in [1.807, 2.05) is 28.9 Å². The molecule has 0 radical (unpaired) electrons. The lowest BCUT2D eigenvalue weighted by Crippen LogP contribution is -2.15. The van der Waals surface area contributed by atoms with Crippen LogP contribution in [0.25, 0.3) is 16.8 Å². The lowest BCUT2D eigenvalue weighted by Gasteiger charge is -2.20. The average Bonchev–Trinajstić information content (AvgIpc) is 3.08. The number of anilines is 1. The molecule has 29 heavy (non-hydrogen) atoms. The van der Waals surface area contributed by atoms with Crippen molar-refractivity contribution in [1.29, 1.82) is 0 Å². The predicted octanol–water partition coefficient (Wildman–Crippen LogP) is 4.90. The van der Waals surface area contributed by atoms with Crippen LogP contribution in [0.3, 0.4) is 0 Å². The minimum absolute atomic E-state index is 0.672. The maximum atomic E-state index is 5.10. The Morgan fingerprint density at radius 1 is 1.00 bits per heavy atom. The summed E-state index contributed by atoms with van der Waals surface area (Å²) in [4.78, 5) is 9.55. The second kappa shape index (κ2) is 7.32. The second-order valence-corrected chi connectivity index (χ2v) is 7.83. The zero-order valence-electron chi connectivity index (χ0n) is 16.9. The van der Waals surface area contributed by atoms with E-state index in [9.17, 15) is 0 Å². The Hall–Kier alpha value is -3.21. The number of pyridine rings is 1. The molecule has 4 aromatic rings. The van der Waals surface area contributed by atoms with E-state index < -0.39 is 0 Å². The maximum Gasteiger partial charge on any atom is 0.165 e. The highest BCUT2D eigenvalue weighted by Gasteiger charge is 2.23. The Morgan fingerprint density at radius 3 is 2.62 bits per heavy atom. The van der Waals surface area contributed by atoms with Crippen molar-refractivity contribution >= 4 is 11.5 Å². The molecule has 1 aromatic carbocycles. The van der Waals surface area contributed by atoms with E-state index in [0.29, 0.717) is 6.54 Å². The summed E-state index contributed by atoms with van der Waals surface area (Å²) in [5, 5.41) is 8.53.